The number of hydrogen-bond donors (Lipinski definition) is 1. The zero-order valence-electron chi connectivity index (χ0n) is 6.87. The van der Waals surface area contributed by atoms with Crippen LogP contribution in [0, 0.1) is 0 Å². The van der Waals surface area contributed by atoms with Crippen LogP contribution < -0.4 is 5.32 Å². The van der Waals surface area contributed by atoms with E-state index in [4.69, 9.17) is 0 Å². The van der Waals surface area contributed by atoms with Crippen LogP contribution in [0.15, 0.2) is 36.4 Å². The highest BCUT2D eigenvalue weighted by Crippen LogP contribution is 2.30. The van der Waals surface area contributed by atoms with E-state index in [1.165, 1.54) is 5.39 Å². The predicted octanol–water partition coefficient (Wildman–Crippen LogP) is 2.41. The van der Waals surface area contributed by atoms with E-state index < -0.39 is 0 Å². The summed E-state index contributed by atoms with van der Waals surface area (Å²) in [5.74, 6) is 0.0285. The molecule has 62 valence electrons. The van der Waals surface area contributed by atoms with Crippen LogP contribution in [0.2, 0.25) is 0 Å². The van der Waals surface area contributed by atoms with E-state index in [-0.39, 0.29) is 5.91 Å². The van der Waals surface area contributed by atoms with Gasteiger partial charge in [-0.15, -0.1) is 0 Å². The maximum atomic E-state index is 11.1. The summed E-state index contributed by atoms with van der Waals surface area (Å²) in [6.45, 7) is 0. The Balaban J connectivity index is 2.41. The van der Waals surface area contributed by atoms with Gasteiger partial charge in [-0.05, 0) is 22.9 Å². The van der Waals surface area contributed by atoms with Gasteiger partial charge in [0.05, 0.1) is 11.3 Å². The zero-order chi connectivity index (χ0) is 8.84. The summed E-state index contributed by atoms with van der Waals surface area (Å²) in [4.78, 5) is 11.1. The molecule has 0 saturated carbocycles. The van der Waals surface area contributed by atoms with E-state index in [2.05, 4.69) is 5.32 Å². The van der Waals surface area contributed by atoms with Crippen molar-refractivity contribution in [2.75, 3.05) is 5.32 Å². The number of carbonyl (C=O) groups excluding carboxylic acids is 1. The molecule has 1 N–H and O–H groups in total. The number of amides is 1. The molecule has 2 aromatic carbocycles. The molecule has 0 aliphatic carbocycles. The van der Waals surface area contributed by atoms with E-state index in [0.717, 1.165) is 16.6 Å². The molecule has 0 fully saturated rings. The van der Waals surface area contributed by atoms with Gasteiger partial charge in [0, 0.05) is 0 Å². The fourth-order valence-corrected chi connectivity index (χ4v) is 1.66. The average Bonchev–Trinajstić information content (AvgIpc) is 2.16. The van der Waals surface area contributed by atoms with Crippen molar-refractivity contribution < 1.29 is 4.79 Å². The van der Waals surface area contributed by atoms with Crippen LogP contribution in [-0.2, 0) is 0 Å². The third-order valence-corrected chi connectivity index (χ3v) is 2.38. The number of anilines is 1. The second-order valence-corrected chi connectivity index (χ2v) is 3.20. The normalized spacial score (nSPS) is 13.4. The Morgan fingerprint density at radius 2 is 1.69 bits per heavy atom. The van der Waals surface area contributed by atoms with Crippen molar-refractivity contribution in [3.8, 4) is 0 Å². The minimum absolute atomic E-state index is 0.0285. The lowest BCUT2D eigenvalue weighted by Crippen LogP contribution is -2.24. The highest BCUT2D eigenvalue weighted by atomic mass is 16.2. The van der Waals surface area contributed by atoms with E-state index >= 15 is 0 Å². The van der Waals surface area contributed by atoms with Crippen LogP contribution in [0.5, 0.6) is 0 Å². The van der Waals surface area contributed by atoms with Gasteiger partial charge in [0.15, 0.2) is 0 Å². The Morgan fingerprint density at radius 1 is 1.00 bits per heavy atom. The van der Waals surface area contributed by atoms with Crippen molar-refractivity contribution in [2.45, 2.75) is 0 Å². The van der Waals surface area contributed by atoms with Crippen molar-refractivity contribution >= 4 is 22.4 Å². The molecule has 0 atom stereocenters. The molecule has 1 aliphatic rings. The Kier molecular flexibility index (Phi) is 1.08. The number of nitrogens with one attached hydrogen (secondary N) is 1. The van der Waals surface area contributed by atoms with Crippen molar-refractivity contribution in [1.29, 1.82) is 0 Å². The lowest BCUT2D eigenvalue weighted by Gasteiger charge is -2.19. The minimum atomic E-state index is 0.0285. The van der Waals surface area contributed by atoms with Crippen LogP contribution in [-0.4, -0.2) is 5.91 Å². The largest absolute Gasteiger partial charge is 0.321 e. The molecule has 2 nitrogen and oxygen atoms in total. The van der Waals surface area contributed by atoms with Gasteiger partial charge in [-0.3, -0.25) is 4.79 Å². The molecule has 1 aliphatic heterocycles. The van der Waals surface area contributed by atoms with Gasteiger partial charge in [0.2, 0.25) is 0 Å². The standard InChI is InChI=1S/C11H7NO/c13-11-9-5-7-3-1-2-4-8(7)6-10(9)12-11/h1-6H,(H,12,13). The fraction of sp³-hybridized carbons (Fsp3) is 0. The van der Waals surface area contributed by atoms with Crippen molar-refractivity contribution in [3.05, 3.63) is 42.0 Å². The van der Waals surface area contributed by atoms with Gasteiger partial charge in [0.25, 0.3) is 5.91 Å². The Labute approximate surface area is 75.2 Å². The van der Waals surface area contributed by atoms with E-state index in [1.807, 2.05) is 36.4 Å². The third kappa shape index (κ3) is 0.798. The summed E-state index contributed by atoms with van der Waals surface area (Å²) in [7, 11) is 0. The molecule has 0 aromatic heterocycles. The molecule has 0 spiro atoms. The van der Waals surface area contributed by atoms with Gasteiger partial charge in [-0.2, -0.15) is 0 Å². The van der Waals surface area contributed by atoms with Crippen LogP contribution in [0.3, 0.4) is 0 Å². The average molecular weight is 169 g/mol. The summed E-state index contributed by atoms with van der Waals surface area (Å²) in [5.41, 5.74) is 1.75. The first-order valence-electron chi connectivity index (χ1n) is 4.19. The highest BCUT2D eigenvalue weighted by Gasteiger charge is 2.22. The monoisotopic (exact) mass is 169 g/mol. The first kappa shape index (κ1) is 6.66. The Hall–Kier alpha value is -1.83. The van der Waals surface area contributed by atoms with Crippen molar-refractivity contribution in [1.82, 2.24) is 0 Å². The molecule has 3 rings (SSSR count). The van der Waals surface area contributed by atoms with E-state index in [1.54, 1.807) is 0 Å². The molecule has 2 heteroatoms. The number of benzene rings is 2. The summed E-state index contributed by atoms with van der Waals surface area (Å²) in [6, 6.07) is 12.0. The van der Waals surface area contributed by atoms with Gasteiger partial charge in [-0.1, -0.05) is 24.3 Å². The van der Waals surface area contributed by atoms with Crippen molar-refractivity contribution in [3.63, 3.8) is 0 Å². The number of fused-ring (bicyclic) bond motifs is 2. The Bertz CT molecular complexity index is 516. The molecule has 0 radical (unpaired) electrons. The summed E-state index contributed by atoms with van der Waals surface area (Å²) in [5, 5.41) is 5.03. The van der Waals surface area contributed by atoms with Crippen LogP contribution >= 0.6 is 0 Å². The lowest BCUT2D eigenvalue weighted by atomic mass is 10.00. The second kappa shape index (κ2) is 2.10. The summed E-state index contributed by atoms with van der Waals surface area (Å²) >= 11 is 0. The summed E-state index contributed by atoms with van der Waals surface area (Å²) < 4.78 is 0. The van der Waals surface area contributed by atoms with E-state index in [9.17, 15) is 4.79 Å². The second-order valence-electron chi connectivity index (χ2n) is 3.20. The first-order chi connectivity index (χ1) is 6.34. The molecule has 1 heterocycles. The van der Waals surface area contributed by atoms with Crippen molar-refractivity contribution in [2.24, 2.45) is 0 Å². The van der Waals surface area contributed by atoms with Gasteiger partial charge >= 0.3 is 0 Å². The maximum Gasteiger partial charge on any atom is 0.257 e. The molecule has 13 heavy (non-hydrogen) atoms. The SMILES string of the molecule is O=C1Nc2cc3ccccc3cc21. The smallest absolute Gasteiger partial charge is 0.257 e. The number of hydrogen-bond acceptors (Lipinski definition) is 1. The van der Waals surface area contributed by atoms with Crippen LogP contribution in [0.25, 0.3) is 10.8 Å². The minimum Gasteiger partial charge on any atom is -0.321 e. The Morgan fingerprint density at radius 3 is 2.38 bits per heavy atom. The number of carbonyl (C=O) groups is 1. The quantitative estimate of drug-likeness (QED) is 0.644. The van der Waals surface area contributed by atoms with Crippen LogP contribution in [0.1, 0.15) is 10.4 Å². The van der Waals surface area contributed by atoms with Crippen LogP contribution in [0.4, 0.5) is 5.69 Å². The lowest BCUT2D eigenvalue weighted by molar-refractivity contribution is 0.101. The molecular formula is C11H7NO. The van der Waals surface area contributed by atoms with Gasteiger partial charge < -0.3 is 5.32 Å². The molecular weight excluding hydrogens is 162 g/mol. The molecule has 0 unspecified atom stereocenters. The third-order valence-electron chi connectivity index (χ3n) is 2.38. The highest BCUT2D eigenvalue weighted by molar-refractivity contribution is 6.20. The van der Waals surface area contributed by atoms with Gasteiger partial charge in [0.1, 0.15) is 0 Å². The maximum absolute atomic E-state index is 11.1. The topological polar surface area (TPSA) is 29.1 Å². The zero-order valence-corrected chi connectivity index (χ0v) is 6.87. The fourth-order valence-electron chi connectivity index (χ4n) is 1.66. The molecule has 2 aromatic rings. The molecule has 1 amide bonds. The predicted molar refractivity (Wildman–Crippen MR) is 51.9 cm³/mol. The molecule has 0 bridgehead atoms. The summed E-state index contributed by atoms with van der Waals surface area (Å²) in [6.07, 6.45) is 0. The first-order valence-corrected chi connectivity index (χ1v) is 4.19. The number of rotatable bonds is 0. The van der Waals surface area contributed by atoms with Gasteiger partial charge in [-0.25, -0.2) is 0 Å². The molecule has 0 saturated heterocycles. The van der Waals surface area contributed by atoms with E-state index in [0.29, 0.717) is 0 Å².